The Balaban J connectivity index is 2.14. The van der Waals surface area contributed by atoms with Crippen LogP contribution in [-0.2, 0) is 11.3 Å². The number of benzene rings is 1. The van der Waals surface area contributed by atoms with Crippen LogP contribution in [0.1, 0.15) is 27.2 Å². The predicted molar refractivity (Wildman–Crippen MR) is 85.0 cm³/mol. The number of carbonyl (C=O) groups excluding carboxylic acids is 1. The third kappa shape index (κ3) is 3.88. The summed E-state index contributed by atoms with van der Waals surface area (Å²) in [4.78, 5) is 12.1. The summed E-state index contributed by atoms with van der Waals surface area (Å²) >= 11 is 0. The number of carbonyl (C=O) groups is 1. The highest BCUT2D eigenvalue weighted by Gasteiger charge is 2.15. The molecule has 7 heteroatoms. The maximum absolute atomic E-state index is 12.1. The van der Waals surface area contributed by atoms with Gasteiger partial charge in [0.2, 0.25) is 5.91 Å². The molecule has 2 rings (SSSR count). The van der Waals surface area contributed by atoms with Gasteiger partial charge < -0.3 is 11.1 Å². The van der Waals surface area contributed by atoms with Gasteiger partial charge in [-0.25, -0.2) is 4.68 Å². The number of hydrogen-bond donors (Lipinski definition) is 2. The van der Waals surface area contributed by atoms with Crippen LogP contribution in [0, 0.1) is 5.92 Å². The molecule has 0 bridgehead atoms. The molecule has 0 fully saturated rings. The van der Waals surface area contributed by atoms with Crippen molar-refractivity contribution in [2.45, 2.75) is 39.8 Å². The Kier molecular flexibility index (Phi) is 5.21. The van der Waals surface area contributed by atoms with Gasteiger partial charge in [-0.2, -0.15) is 0 Å². The largest absolute Gasteiger partial charge is 0.325 e. The summed E-state index contributed by atoms with van der Waals surface area (Å²) in [5, 5.41) is 14.4. The topological polar surface area (TPSA) is 98.7 Å². The second-order valence-corrected chi connectivity index (χ2v) is 5.62. The lowest BCUT2D eigenvalue weighted by Crippen LogP contribution is -2.36. The molecule has 0 aliphatic rings. The van der Waals surface area contributed by atoms with Crippen LogP contribution < -0.4 is 11.1 Å². The Labute approximate surface area is 129 Å². The molecule has 1 aromatic carbocycles. The van der Waals surface area contributed by atoms with Crippen molar-refractivity contribution in [1.82, 2.24) is 20.2 Å². The van der Waals surface area contributed by atoms with Crippen molar-refractivity contribution < 1.29 is 4.79 Å². The van der Waals surface area contributed by atoms with E-state index in [9.17, 15) is 4.79 Å². The Morgan fingerprint density at radius 2 is 2.18 bits per heavy atom. The summed E-state index contributed by atoms with van der Waals surface area (Å²) in [6, 6.07) is 6.92. The molecular formula is C15H22N6O. The van der Waals surface area contributed by atoms with E-state index in [1.807, 2.05) is 45.0 Å². The van der Waals surface area contributed by atoms with Crippen LogP contribution in [0.3, 0.4) is 0 Å². The molecular weight excluding hydrogens is 280 g/mol. The maximum atomic E-state index is 12.1. The minimum Gasteiger partial charge on any atom is -0.325 e. The Morgan fingerprint density at radius 1 is 1.41 bits per heavy atom. The van der Waals surface area contributed by atoms with Gasteiger partial charge in [0.25, 0.3) is 0 Å². The van der Waals surface area contributed by atoms with Crippen LogP contribution in [-0.4, -0.2) is 32.2 Å². The molecule has 1 amide bonds. The van der Waals surface area contributed by atoms with Gasteiger partial charge in [0.05, 0.1) is 6.04 Å². The number of aryl methyl sites for hydroxylation is 1. The molecule has 1 heterocycles. The molecule has 0 aliphatic heterocycles. The van der Waals surface area contributed by atoms with Crippen LogP contribution in [0.25, 0.3) is 11.4 Å². The minimum absolute atomic E-state index is 0.180. The SMILES string of the molecule is CCn1nnnc1-c1cccc(NC(=O)[C@@H](N)CC(C)C)c1. The van der Waals surface area contributed by atoms with E-state index >= 15 is 0 Å². The predicted octanol–water partition coefficient (Wildman–Crippen LogP) is 1.67. The van der Waals surface area contributed by atoms with Crippen molar-refractivity contribution in [3.63, 3.8) is 0 Å². The van der Waals surface area contributed by atoms with E-state index in [-0.39, 0.29) is 5.91 Å². The summed E-state index contributed by atoms with van der Waals surface area (Å²) in [7, 11) is 0. The molecule has 118 valence electrons. The lowest BCUT2D eigenvalue weighted by atomic mass is 10.0. The number of nitrogens with zero attached hydrogens (tertiary/aromatic N) is 4. The fourth-order valence-corrected chi connectivity index (χ4v) is 2.21. The number of nitrogens with one attached hydrogen (secondary N) is 1. The van der Waals surface area contributed by atoms with Crippen LogP contribution >= 0.6 is 0 Å². The van der Waals surface area contributed by atoms with Crippen molar-refractivity contribution in [3.05, 3.63) is 24.3 Å². The summed E-state index contributed by atoms with van der Waals surface area (Å²) in [5.74, 6) is 0.868. The molecule has 22 heavy (non-hydrogen) atoms. The van der Waals surface area contributed by atoms with Gasteiger partial charge in [-0.3, -0.25) is 4.79 Å². The zero-order valence-corrected chi connectivity index (χ0v) is 13.2. The molecule has 0 aliphatic carbocycles. The van der Waals surface area contributed by atoms with Gasteiger partial charge in [-0.05, 0) is 41.8 Å². The first-order valence-electron chi connectivity index (χ1n) is 7.44. The smallest absolute Gasteiger partial charge is 0.241 e. The van der Waals surface area contributed by atoms with Gasteiger partial charge in [-0.15, -0.1) is 5.10 Å². The second-order valence-electron chi connectivity index (χ2n) is 5.62. The Bertz CT molecular complexity index is 636. The molecule has 1 aromatic heterocycles. The average Bonchev–Trinajstić information content (AvgIpc) is 2.95. The second kappa shape index (κ2) is 7.13. The number of rotatable bonds is 6. The van der Waals surface area contributed by atoms with E-state index in [0.717, 1.165) is 5.56 Å². The van der Waals surface area contributed by atoms with Crippen LogP contribution in [0.15, 0.2) is 24.3 Å². The van der Waals surface area contributed by atoms with E-state index in [0.29, 0.717) is 30.4 Å². The standard InChI is InChI=1S/C15H22N6O/c1-4-21-14(18-19-20-21)11-6-5-7-12(9-11)17-15(22)13(16)8-10(2)3/h5-7,9-10,13H,4,8,16H2,1-3H3,(H,17,22)/t13-/m0/s1. The Morgan fingerprint density at radius 3 is 2.86 bits per heavy atom. The molecule has 0 unspecified atom stereocenters. The number of hydrogen-bond acceptors (Lipinski definition) is 5. The summed E-state index contributed by atoms with van der Waals surface area (Å²) in [6.07, 6.45) is 0.652. The molecule has 0 spiro atoms. The molecule has 1 atom stereocenters. The summed E-state index contributed by atoms with van der Waals surface area (Å²) in [5.41, 5.74) is 7.43. The van der Waals surface area contributed by atoms with Gasteiger partial charge in [0.15, 0.2) is 5.82 Å². The number of tetrazole rings is 1. The molecule has 2 aromatic rings. The number of aromatic nitrogens is 4. The van der Waals surface area contributed by atoms with E-state index in [4.69, 9.17) is 5.73 Å². The highest BCUT2D eigenvalue weighted by atomic mass is 16.2. The lowest BCUT2D eigenvalue weighted by Gasteiger charge is -2.14. The van der Waals surface area contributed by atoms with Crippen molar-refractivity contribution in [3.8, 4) is 11.4 Å². The fourth-order valence-electron chi connectivity index (χ4n) is 2.21. The quantitative estimate of drug-likeness (QED) is 0.845. The maximum Gasteiger partial charge on any atom is 0.241 e. The number of nitrogens with two attached hydrogens (primary N) is 1. The summed E-state index contributed by atoms with van der Waals surface area (Å²) in [6.45, 7) is 6.73. The van der Waals surface area contributed by atoms with Crippen molar-refractivity contribution in [1.29, 1.82) is 0 Å². The first-order chi connectivity index (χ1) is 10.5. The van der Waals surface area contributed by atoms with Gasteiger partial charge in [0.1, 0.15) is 0 Å². The summed E-state index contributed by atoms with van der Waals surface area (Å²) < 4.78 is 1.70. The van der Waals surface area contributed by atoms with Gasteiger partial charge in [0, 0.05) is 17.8 Å². The average molecular weight is 302 g/mol. The van der Waals surface area contributed by atoms with Crippen molar-refractivity contribution >= 4 is 11.6 Å². The number of anilines is 1. The third-order valence-corrected chi connectivity index (χ3v) is 3.28. The van der Waals surface area contributed by atoms with Crippen LogP contribution in [0.2, 0.25) is 0 Å². The zero-order valence-electron chi connectivity index (χ0n) is 13.2. The van der Waals surface area contributed by atoms with E-state index < -0.39 is 6.04 Å². The molecule has 7 nitrogen and oxygen atoms in total. The molecule has 0 saturated carbocycles. The number of amides is 1. The normalized spacial score (nSPS) is 12.4. The van der Waals surface area contributed by atoms with E-state index in [1.54, 1.807) is 4.68 Å². The Hall–Kier alpha value is -2.28. The van der Waals surface area contributed by atoms with E-state index in [1.165, 1.54) is 0 Å². The monoisotopic (exact) mass is 302 g/mol. The molecule has 0 saturated heterocycles. The first-order valence-corrected chi connectivity index (χ1v) is 7.44. The van der Waals surface area contributed by atoms with Crippen LogP contribution in [0.4, 0.5) is 5.69 Å². The third-order valence-electron chi connectivity index (χ3n) is 3.28. The molecule has 3 N–H and O–H groups in total. The van der Waals surface area contributed by atoms with Gasteiger partial charge >= 0.3 is 0 Å². The molecule has 0 radical (unpaired) electrons. The highest BCUT2D eigenvalue weighted by Crippen LogP contribution is 2.20. The van der Waals surface area contributed by atoms with Crippen molar-refractivity contribution in [2.24, 2.45) is 11.7 Å². The zero-order chi connectivity index (χ0) is 16.1. The van der Waals surface area contributed by atoms with Crippen molar-refractivity contribution in [2.75, 3.05) is 5.32 Å². The van der Waals surface area contributed by atoms with Gasteiger partial charge in [-0.1, -0.05) is 26.0 Å². The minimum atomic E-state index is -0.510. The first kappa shape index (κ1) is 16.1. The van der Waals surface area contributed by atoms with Crippen LogP contribution in [0.5, 0.6) is 0 Å². The lowest BCUT2D eigenvalue weighted by molar-refractivity contribution is -0.117. The van der Waals surface area contributed by atoms with E-state index in [2.05, 4.69) is 20.8 Å². The fraction of sp³-hybridized carbons (Fsp3) is 0.467. The highest BCUT2D eigenvalue weighted by molar-refractivity contribution is 5.95.